The van der Waals surface area contributed by atoms with E-state index >= 15 is 0 Å². The highest BCUT2D eigenvalue weighted by Gasteiger charge is 2.42. The van der Waals surface area contributed by atoms with Gasteiger partial charge in [0, 0.05) is 37.0 Å². The van der Waals surface area contributed by atoms with Gasteiger partial charge in [0.05, 0.1) is 0 Å². The number of thioether (sulfide) groups is 1. The fourth-order valence-corrected chi connectivity index (χ4v) is 3.97. The van der Waals surface area contributed by atoms with Gasteiger partial charge in [0.1, 0.15) is 0 Å². The zero-order valence-corrected chi connectivity index (χ0v) is 12.3. The summed E-state index contributed by atoms with van der Waals surface area (Å²) in [7, 11) is 0. The van der Waals surface area contributed by atoms with Crippen LogP contribution in [0.4, 0.5) is 0 Å². The summed E-state index contributed by atoms with van der Waals surface area (Å²) in [6, 6.07) is 0.744. The lowest BCUT2D eigenvalue weighted by molar-refractivity contribution is 0.0472. The molecular formula is C14H28N2S. The van der Waals surface area contributed by atoms with E-state index in [0.717, 1.165) is 6.04 Å². The molecule has 17 heavy (non-hydrogen) atoms. The molecule has 1 N–H and O–H groups in total. The van der Waals surface area contributed by atoms with Crippen LogP contribution in [0.5, 0.6) is 0 Å². The van der Waals surface area contributed by atoms with Crippen LogP contribution in [0, 0.1) is 0 Å². The van der Waals surface area contributed by atoms with Crippen LogP contribution in [0.25, 0.3) is 0 Å². The van der Waals surface area contributed by atoms with Gasteiger partial charge >= 0.3 is 0 Å². The Morgan fingerprint density at radius 1 is 1.35 bits per heavy atom. The predicted molar refractivity (Wildman–Crippen MR) is 77.9 cm³/mol. The number of hydrogen-bond acceptors (Lipinski definition) is 3. The molecule has 0 aromatic heterocycles. The first-order valence-electron chi connectivity index (χ1n) is 7.28. The summed E-state index contributed by atoms with van der Waals surface area (Å²) in [5, 5.41) is 3.81. The van der Waals surface area contributed by atoms with Crippen LogP contribution in [0.2, 0.25) is 0 Å². The first-order chi connectivity index (χ1) is 8.30. The zero-order valence-electron chi connectivity index (χ0n) is 11.5. The van der Waals surface area contributed by atoms with Crippen molar-refractivity contribution >= 4 is 11.8 Å². The van der Waals surface area contributed by atoms with Crippen LogP contribution in [-0.2, 0) is 0 Å². The van der Waals surface area contributed by atoms with E-state index in [1.807, 2.05) is 11.8 Å². The van der Waals surface area contributed by atoms with E-state index in [1.165, 1.54) is 63.9 Å². The van der Waals surface area contributed by atoms with Crippen molar-refractivity contribution in [2.75, 3.05) is 31.6 Å². The quantitative estimate of drug-likeness (QED) is 0.814. The Balaban J connectivity index is 1.96. The van der Waals surface area contributed by atoms with E-state index in [-0.39, 0.29) is 0 Å². The molecule has 1 spiro atoms. The van der Waals surface area contributed by atoms with Crippen molar-refractivity contribution < 1.29 is 0 Å². The molecular weight excluding hydrogens is 228 g/mol. The summed E-state index contributed by atoms with van der Waals surface area (Å²) in [4.78, 5) is 2.83. The maximum Gasteiger partial charge on any atom is 0.0335 e. The van der Waals surface area contributed by atoms with Gasteiger partial charge in [-0.2, -0.15) is 11.8 Å². The molecule has 0 bridgehead atoms. The van der Waals surface area contributed by atoms with Crippen LogP contribution in [0.15, 0.2) is 0 Å². The normalized spacial score (nSPS) is 28.9. The minimum atomic E-state index is 0.528. The monoisotopic (exact) mass is 256 g/mol. The molecule has 0 amide bonds. The van der Waals surface area contributed by atoms with Gasteiger partial charge in [0.2, 0.25) is 0 Å². The summed E-state index contributed by atoms with van der Waals surface area (Å²) < 4.78 is 0. The molecule has 1 unspecified atom stereocenters. The average Bonchev–Trinajstić information content (AvgIpc) is 2.80. The van der Waals surface area contributed by atoms with Crippen LogP contribution in [-0.4, -0.2) is 48.1 Å². The number of hydrogen-bond donors (Lipinski definition) is 1. The summed E-state index contributed by atoms with van der Waals surface area (Å²) in [5.41, 5.74) is 0.528. The molecule has 2 aliphatic rings. The van der Waals surface area contributed by atoms with E-state index in [0.29, 0.717) is 5.54 Å². The lowest BCUT2D eigenvalue weighted by Crippen LogP contribution is -2.63. The molecule has 1 aliphatic carbocycles. The fourth-order valence-electron chi connectivity index (χ4n) is 3.57. The van der Waals surface area contributed by atoms with Crippen molar-refractivity contribution in [3.8, 4) is 0 Å². The minimum Gasteiger partial charge on any atom is -0.311 e. The molecule has 2 nitrogen and oxygen atoms in total. The number of nitrogens with zero attached hydrogens (tertiary/aromatic N) is 1. The second-order valence-electron chi connectivity index (χ2n) is 5.74. The van der Waals surface area contributed by atoms with E-state index in [9.17, 15) is 0 Å². The van der Waals surface area contributed by atoms with Gasteiger partial charge in [-0.1, -0.05) is 26.2 Å². The van der Waals surface area contributed by atoms with Crippen LogP contribution in [0.3, 0.4) is 0 Å². The SMILES string of the molecule is CCCC1CN(CCSC)C2(CCCC2)CN1. The maximum atomic E-state index is 3.81. The van der Waals surface area contributed by atoms with Crippen molar-refractivity contribution in [1.29, 1.82) is 0 Å². The van der Waals surface area contributed by atoms with Gasteiger partial charge in [-0.25, -0.2) is 0 Å². The van der Waals surface area contributed by atoms with E-state index < -0.39 is 0 Å². The smallest absolute Gasteiger partial charge is 0.0335 e. The Kier molecular flexibility index (Phi) is 5.19. The molecule has 1 aliphatic heterocycles. The molecule has 1 atom stereocenters. The summed E-state index contributed by atoms with van der Waals surface area (Å²) in [6.45, 7) is 6.12. The van der Waals surface area contributed by atoms with Crippen LogP contribution < -0.4 is 5.32 Å². The lowest BCUT2D eigenvalue weighted by Gasteiger charge is -2.48. The van der Waals surface area contributed by atoms with Crippen molar-refractivity contribution in [1.82, 2.24) is 10.2 Å². The number of piperazine rings is 1. The van der Waals surface area contributed by atoms with Crippen molar-refractivity contribution in [3.05, 3.63) is 0 Å². The fraction of sp³-hybridized carbons (Fsp3) is 1.00. The summed E-state index contributed by atoms with van der Waals surface area (Å²) in [5.74, 6) is 1.29. The third-order valence-corrected chi connectivity index (χ3v) is 5.16. The van der Waals surface area contributed by atoms with Crippen molar-refractivity contribution in [2.24, 2.45) is 0 Å². The van der Waals surface area contributed by atoms with Gasteiger partial charge in [-0.3, -0.25) is 4.90 Å². The van der Waals surface area contributed by atoms with Crippen LogP contribution in [0.1, 0.15) is 45.4 Å². The molecule has 1 heterocycles. The molecule has 2 fully saturated rings. The third kappa shape index (κ3) is 3.18. The zero-order chi connectivity index (χ0) is 12.1. The highest BCUT2D eigenvalue weighted by atomic mass is 32.2. The van der Waals surface area contributed by atoms with Crippen molar-refractivity contribution in [3.63, 3.8) is 0 Å². The second kappa shape index (κ2) is 6.44. The molecule has 0 radical (unpaired) electrons. The standard InChI is InChI=1S/C14H28N2S/c1-3-6-13-11-16(9-10-17-2)14(12-15-13)7-4-5-8-14/h13,15H,3-12H2,1-2H3. The van der Waals surface area contributed by atoms with E-state index in [4.69, 9.17) is 0 Å². The molecule has 1 saturated carbocycles. The largest absolute Gasteiger partial charge is 0.311 e. The molecule has 1 saturated heterocycles. The van der Waals surface area contributed by atoms with Gasteiger partial charge in [-0.05, 0) is 25.5 Å². The Morgan fingerprint density at radius 3 is 2.76 bits per heavy atom. The van der Waals surface area contributed by atoms with Gasteiger partial charge in [0.15, 0.2) is 0 Å². The minimum absolute atomic E-state index is 0.528. The average molecular weight is 256 g/mol. The van der Waals surface area contributed by atoms with Gasteiger partial charge in [0.25, 0.3) is 0 Å². The van der Waals surface area contributed by atoms with Crippen molar-refractivity contribution in [2.45, 2.75) is 57.0 Å². The molecule has 3 heteroatoms. The maximum absolute atomic E-state index is 3.81. The third-order valence-electron chi connectivity index (χ3n) is 4.57. The highest BCUT2D eigenvalue weighted by molar-refractivity contribution is 7.98. The Bertz CT molecular complexity index is 226. The lowest BCUT2D eigenvalue weighted by atomic mass is 9.90. The molecule has 0 aromatic rings. The second-order valence-corrected chi connectivity index (χ2v) is 6.72. The Morgan fingerprint density at radius 2 is 2.12 bits per heavy atom. The van der Waals surface area contributed by atoms with Crippen LogP contribution >= 0.6 is 11.8 Å². The van der Waals surface area contributed by atoms with Gasteiger partial charge < -0.3 is 5.32 Å². The summed E-state index contributed by atoms with van der Waals surface area (Å²) in [6.07, 6.45) is 10.6. The highest BCUT2D eigenvalue weighted by Crippen LogP contribution is 2.37. The number of rotatable bonds is 5. The molecule has 2 rings (SSSR count). The first kappa shape index (κ1) is 13.7. The predicted octanol–water partition coefficient (Wildman–Crippen LogP) is 2.74. The summed E-state index contributed by atoms with van der Waals surface area (Å²) >= 11 is 1.99. The first-order valence-corrected chi connectivity index (χ1v) is 8.67. The Labute approximate surface area is 111 Å². The topological polar surface area (TPSA) is 15.3 Å². The molecule has 0 aromatic carbocycles. The van der Waals surface area contributed by atoms with E-state index in [2.05, 4.69) is 23.4 Å². The van der Waals surface area contributed by atoms with E-state index in [1.54, 1.807) is 0 Å². The van der Waals surface area contributed by atoms with Gasteiger partial charge in [-0.15, -0.1) is 0 Å². The molecule has 100 valence electrons. The Hall–Kier alpha value is 0.270. The number of nitrogens with one attached hydrogen (secondary N) is 1.